The lowest BCUT2D eigenvalue weighted by molar-refractivity contribution is -0.145. The van der Waals surface area contributed by atoms with Crippen LogP contribution in [0.5, 0.6) is 0 Å². The predicted molar refractivity (Wildman–Crippen MR) is 146 cm³/mol. The third kappa shape index (κ3) is 6.09. The van der Waals surface area contributed by atoms with Crippen molar-refractivity contribution in [3.8, 4) is 0 Å². The lowest BCUT2D eigenvalue weighted by Crippen LogP contribution is -2.61. The zero-order chi connectivity index (χ0) is 28.9. The summed E-state index contributed by atoms with van der Waals surface area (Å²) >= 11 is 0. The molecular formula is C29H47N5O5. The fraction of sp³-hybridized carbons (Fsp3) is 0.828. The van der Waals surface area contributed by atoms with Crippen LogP contribution in [0.1, 0.15) is 86.0 Å². The maximum Gasteiger partial charge on any atom is 0.318 e. The van der Waals surface area contributed by atoms with Crippen molar-refractivity contribution >= 4 is 29.5 Å². The van der Waals surface area contributed by atoms with Crippen LogP contribution in [0.3, 0.4) is 0 Å². The Kier molecular flexibility index (Phi) is 8.07. The summed E-state index contributed by atoms with van der Waals surface area (Å²) < 4.78 is 0. The summed E-state index contributed by atoms with van der Waals surface area (Å²) in [5.74, 6) is -2.23. The molecule has 0 radical (unpaired) electrons. The van der Waals surface area contributed by atoms with Crippen LogP contribution in [0.25, 0.3) is 0 Å². The minimum atomic E-state index is -1.07. The van der Waals surface area contributed by atoms with E-state index in [9.17, 15) is 24.0 Å². The highest BCUT2D eigenvalue weighted by molar-refractivity contribution is 6.37. The second kappa shape index (κ2) is 10.7. The minimum absolute atomic E-state index is 0.0621. The first kappa shape index (κ1) is 29.3. The van der Waals surface area contributed by atoms with E-state index in [2.05, 4.69) is 24.5 Å². The Labute approximate surface area is 232 Å². The Hall–Kier alpha value is -2.65. The van der Waals surface area contributed by atoms with Gasteiger partial charge in [0, 0.05) is 19.6 Å². The minimum Gasteiger partial charge on any atom is -0.363 e. The number of primary amides is 1. The molecule has 1 heterocycles. The van der Waals surface area contributed by atoms with Crippen LogP contribution in [-0.2, 0) is 19.2 Å². The van der Waals surface area contributed by atoms with Crippen LogP contribution in [0, 0.1) is 28.6 Å². The van der Waals surface area contributed by atoms with E-state index in [4.69, 9.17) is 5.73 Å². The molecule has 5 atom stereocenters. The van der Waals surface area contributed by atoms with Gasteiger partial charge in [0.1, 0.15) is 12.1 Å². The molecule has 4 rings (SSSR count). The quantitative estimate of drug-likeness (QED) is 0.381. The molecule has 3 aliphatic carbocycles. The standard InChI is InChI=1S/C29H47N5O5/c1-28(2,3)23(32-27(39)33(6)17-10-8-7-9-11-17)26(38)34-15-18-20(29(18,4)5)21(34)25(37)31-19(14-16-12-13-16)22(35)24(30)36/h16-21,23H,7-15H2,1-6H3,(H2,30,36)(H,31,37)(H,32,39)/t18-,19?,20-,21-,23+/m0/s1. The van der Waals surface area contributed by atoms with Crippen molar-refractivity contribution in [2.24, 2.45) is 34.3 Å². The van der Waals surface area contributed by atoms with Gasteiger partial charge in [-0.05, 0) is 47.8 Å². The van der Waals surface area contributed by atoms with Crippen molar-refractivity contribution in [3.05, 3.63) is 0 Å². The summed E-state index contributed by atoms with van der Waals surface area (Å²) in [6.07, 6.45) is 7.55. The van der Waals surface area contributed by atoms with E-state index in [1.807, 2.05) is 20.8 Å². The highest BCUT2D eigenvalue weighted by Gasteiger charge is 2.70. The molecule has 0 aromatic heterocycles. The number of piperidine rings is 1. The molecule has 4 fully saturated rings. The van der Waals surface area contributed by atoms with Gasteiger partial charge in [0.25, 0.3) is 5.91 Å². The molecule has 1 unspecified atom stereocenters. The van der Waals surface area contributed by atoms with E-state index in [1.165, 1.54) is 6.42 Å². The molecule has 0 bridgehead atoms. The van der Waals surface area contributed by atoms with E-state index in [1.54, 1.807) is 16.8 Å². The molecule has 10 nitrogen and oxygen atoms in total. The van der Waals surface area contributed by atoms with Gasteiger partial charge in [0.15, 0.2) is 0 Å². The van der Waals surface area contributed by atoms with E-state index in [0.29, 0.717) is 13.0 Å². The van der Waals surface area contributed by atoms with Crippen molar-refractivity contribution in [1.82, 2.24) is 20.4 Å². The number of nitrogens with one attached hydrogen (secondary N) is 2. The lowest BCUT2D eigenvalue weighted by atomic mass is 9.85. The molecule has 10 heteroatoms. The molecule has 4 aliphatic rings. The average molecular weight is 546 g/mol. The van der Waals surface area contributed by atoms with Gasteiger partial charge >= 0.3 is 6.03 Å². The fourth-order valence-electron chi connectivity index (χ4n) is 6.83. The average Bonchev–Trinajstić information content (AvgIpc) is 3.72. The predicted octanol–water partition coefficient (Wildman–Crippen LogP) is 2.20. The number of nitrogens with zero attached hydrogens (tertiary/aromatic N) is 2. The fourth-order valence-corrected chi connectivity index (χ4v) is 6.83. The highest BCUT2D eigenvalue weighted by atomic mass is 16.2. The number of nitrogens with two attached hydrogens (primary N) is 1. The van der Waals surface area contributed by atoms with Gasteiger partial charge in [-0.15, -0.1) is 0 Å². The van der Waals surface area contributed by atoms with E-state index < -0.39 is 41.1 Å². The first-order valence-electron chi connectivity index (χ1n) is 14.6. The maximum atomic E-state index is 14.1. The molecule has 218 valence electrons. The first-order chi connectivity index (χ1) is 18.1. The van der Waals surface area contributed by atoms with E-state index in [0.717, 1.165) is 38.5 Å². The molecule has 0 aromatic rings. The number of hydrogen-bond donors (Lipinski definition) is 3. The number of fused-ring (bicyclic) bond motifs is 1. The zero-order valence-electron chi connectivity index (χ0n) is 24.4. The van der Waals surface area contributed by atoms with Crippen LogP contribution in [0.2, 0.25) is 0 Å². The molecule has 1 aliphatic heterocycles. The number of hydrogen-bond acceptors (Lipinski definition) is 5. The third-order valence-electron chi connectivity index (χ3n) is 9.73. The smallest absolute Gasteiger partial charge is 0.318 e. The van der Waals surface area contributed by atoms with Crippen LogP contribution in [0.15, 0.2) is 0 Å². The molecule has 3 saturated carbocycles. The summed E-state index contributed by atoms with van der Waals surface area (Å²) in [6, 6.07) is -2.72. The Balaban J connectivity index is 1.52. The van der Waals surface area contributed by atoms with Crippen molar-refractivity contribution in [2.75, 3.05) is 13.6 Å². The SMILES string of the molecule is CN(C(=O)N[C@H](C(=O)N1C[C@H]2[C@@H]([C@H]1C(=O)NC(CC1CC1)C(=O)C(N)=O)C2(C)C)C(C)(C)C)C1CCCCC1. The number of urea groups is 1. The number of carbonyl (C=O) groups is 5. The monoisotopic (exact) mass is 545 g/mol. The van der Waals surface area contributed by atoms with Gasteiger partial charge in [0.05, 0.1) is 6.04 Å². The summed E-state index contributed by atoms with van der Waals surface area (Å²) in [6.45, 7) is 10.3. The zero-order valence-corrected chi connectivity index (χ0v) is 24.4. The molecule has 0 spiro atoms. The van der Waals surface area contributed by atoms with Crippen molar-refractivity contribution in [1.29, 1.82) is 0 Å². The first-order valence-corrected chi connectivity index (χ1v) is 14.6. The van der Waals surface area contributed by atoms with Gasteiger partial charge in [-0.2, -0.15) is 0 Å². The van der Waals surface area contributed by atoms with Crippen molar-refractivity contribution < 1.29 is 24.0 Å². The van der Waals surface area contributed by atoms with E-state index in [-0.39, 0.29) is 41.1 Å². The topological polar surface area (TPSA) is 142 Å². The van der Waals surface area contributed by atoms with Gasteiger partial charge in [-0.3, -0.25) is 19.2 Å². The highest BCUT2D eigenvalue weighted by Crippen LogP contribution is 2.65. The summed E-state index contributed by atoms with van der Waals surface area (Å²) in [4.78, 5) is 68.6. The molecule has 1 saturated heterocycles. The Morgan fingerprint density at radius 3 is 2.15 bits per heavy atom. The van der Waals surface area contributed by atoms with Crippen molar-refractivity contribution in [3.63, 3.8) is 0 Å². The Bertz CT molecular complexity index is 1010. The van der Waals surface area contributed by atoms with Crippen LogP contribution in [-0.4, -0.2) is 77.1 Å². The number of ketones is 1. The van der Waals surface area contributed by atoms with Crippen LogP contribution in [0.4, 0.5) is 4.79 Å². The maximum absolute atomic E-state index is 14.1. The molecule has 0 aromatic carbocycles. The number of carbonyl (C=O) groups excluding carboxylic acids is 5. The Morgan fingerprint density at radius 1 is 1.00 bits per heavy atom. The molecule has 5 amide bonds. The summed E-state index contributed by atoms with van der Waals surface area (Å²) in [5, 5.41) is 5.79. The van der Waals surface area contributed by atoms with Crippen LogP contribution >= 0.6 is 0 Å². The van der Waals surface area contributed by atoms with Crippen LogP contribution < -0.4 is 16.4 Å². The van der Waals surface area contributed by atoms with Crippen molar-refractivity contribution in [2.45, 2.75) is 110 Å². The molecule has 39 heavy (non-hydrogen) atoms. The second-order valence-electron chi connectivity index (χ2n) is 14.0. The van der Waals surface area contributed by atoms with Gasteiger partial charge in [0.2, 0.25) is 17.6 Å². The third-order valence-corrected chi connectivity index (χ3v) is 9.73. The number of rotatable bonds is 9. The van der Waals surface area contributed by atoms with Gasteiger partial charge < -0.3 is 26.2 Å². The number of amides is 5. The summed E-state index contributed by atoms with van der Waals surface area (Å²) in [7, 11) is 1.79. The van der Waals surface area contributed by atoms with Gasteiger partial charge in [-0.25, -0.2) is 4.79 Å². The van der Waals surface area contributed by atoms with Gasteiger partial charge in [-0.1, -0.05) is 66.7 Å². The Morgan fingerprint density at radius 2 is 1.62 bits per heavy atom. The number of likely N-dealkylation sites (tertiary alicyclic amines) is 1. The van der Waals surface area contributed by atoms with E-state index >= 15 is 0 Å². The number of Topliss-reactive ketones (excluding diaryl/α,β-unsaturated/α-hetero) is 1. The lowest BCUT2D eigenvalue weighted by Gasteiger charge is -2.39. The molecular weight excluding hydrogens is 498 g/mol. The second-order valence-corrected chi connectivity index (χ2v) is 14.0. The summed E-state index contributed by atoms with van der Waals surface area (Å²) in [5.41, 5.74) is 4.56. The normalized spacial score (nSPS) is 27.6. The molecule has 4 N–H and O–H groups in total. The largest absolute Gasteiger partial charge is 0.363 e.